The van der Waals surface area contributed by atoms with E-state index in [1.165, 1.54) is 5.01 Å². The second kappa shape index (κ2) is 8.75. The van der Waals surface area contributed by atoms with E-state index in [9.17, 15) is 4.79 Å². The maximum absolute atomic E-state index is 13.0. The average molecular weight is 417 g/mol. The third kappa shape index (κ3) is 5.51. The van der Waals surface area contributed by atoms with Crippen molar-refractivity contribution in [1.82, 2.24) is 24.8 Å². The van der Waals surface area contributed by atoms with E-state index in [2.05, 4.69) is 41.0 Å². The van der Waals surface area contributed by atoms with Gasteiger partial charge in [0.05, 0.1) is 10.7 Å². The fourth-order valence-corrected chi connectivity index (χ4v) is 4.21. The molecular weight excluding hydrogens is 384 g/mol. The van der Waals surface area contributed by atoms with Gasteiger partial charge in [0.2, 0.25) is 5.95 Å². The molecule has 1 amide bonds. The van der Waals surface area contributed by atoms with Crippen molar-refractivity contribution < 1.29 is 4.79 Å². The number of aryl methyl sites for hydroxylation is 1. The standard InChI is InChI=1S/C21H32N6OS/c1-15-12-17(24-20(22-15)25(5)6)18(28)27-9-7-8-26(10-11-27)13-16-14-29-19(23-16)21(2,3)4/h12,14H,7-11,13H2,1-6H3. The highest BCUT2D eigenvalue weighted by Crippen LogP contribution is 2.26. The predicted molar refractivity (Wildman–Crippen MR) is 118 cm³/mol. The monoisotopic (exact) mass is 416 g/mol. The molecule has 1 saturated heterocycles. The summed E-state index contributed by atoms with van der Waals surface area (Å²) < 4.78 is 0. The maximum Gasteiger partial charge on any atom is 0.272 e. The second-order valence-corrected chi connectivity index (χ2v) is 9.76. The SMILES string of the molecule is Cc1cc(C(=O)N2CCCN(Cc3csc(C(C)(C)C)n3)CC2)nc(N(C)C)n1. The zero-order valence-electron chi connectivity index (χ0n) is 18.4. The Balaban J connectivity index is 1.64. The molecule has 0 unspecified atom stereocenters. The molecule has 0 aliphatic carbocycles. The summed E-state index contributed by atoms with van der Waals surface area (Å²) in [5.41, 5.74) is 2.50. The molecule has 0 aromatic carbocycles. The number of rotatable bonds is 4. The number of anilines is 1. The van der Waals surface area contributed by atoms with E-state index in [-0.39, 0.29) is 11.3 Å². The summed E-state index contributed by atoms with van der Waals surface area (Å²) in [5, 5.41) is 3.34. The Bertz CT molecular complexity index is 857. The molecule has 2 aromatic heterocycles. The fourth-order valence-electron chi connectivity index (χ4n) is 3.31. The van der Waals surface area contributed by atoms with Gasteiger partial charge in [0, 0.05) is 63.3 Å². The molecule has 29 heavy (non-hydrogen) atoms. The van der Waals surface area contributed by atoms with Crippen molar-refractivity contribution in [1.29, 1.82) is 0 Å². The van der Waals surface area contributed by atoms with Crippen molar-refractivity contribution in [2.24, 2.45) is 0 Å². The Hall–Kier alpha value is -2.06. The van der Waals surface area contributed by atoms with Crippen LogP contribution in [0.1, 0.15) is 54.1 Å². The molecule has 158 valence electrons. The molecule has 0 spiro atoms. The first-order chi connectivity index (χ1) is 13.6. The summed E-state index contributed by atoms with van der Waals surface area (Å²) >= 11 is 1.74. The minimum absolute atomic E-state index is 0.0101. The minimum atomic E-state index is -0.0101. The highest BCUT2D eigenvalue weighted by atomic mass is 32.1. The maximum atomic E-state index is 13.0. The molecule has 1 aliphatic rings. The van der Waals surface area contributed by atoms with Crippen LogP contribution in [-0.4, -0.2) is 70.9 Å². The topological polar surface area (TPSA) is 65.5 Å². The summed E-state index contributed by atoms with van der Waals surface area (Å²) in [4.78, 5) is 32.8. The van der Waals surface area contributed by atoms with Gasteiger partial charge in [-0.2, -0.15) is 0 Å². The molecule has 3 heterocycles. The van der Waals surface area contributed by atoms with Gasteiger partial charge in [-0.3, -0.25) is 9.69 Å². The van der Waals surface area contributed by atoms with Gasteiger partial charge in [0.25, 0.3) is 5.91 Å². The Kier molecular flexibility index (Phi) is 6.53. The number of thiazole rings is 1. The zero-order valence-corrected chi connectivity index (χ0v) is 19.2. The van der Waals surface area contributed by atoms with Crippen molar-refractivity contribution >= 4 is 23.2 Å². The van der Waals surface area contributed by atoms with Gasteiger partial charge in [-0.25, -0.2) is 15.0 Å². The van der Waals surface area contributed by atoms with Crippen molar-refractivity contribution in [3.63, 3.8) is 0 Å². The third-order valence-corrected chi connectivity index (χ3v) is 6.23. The zero-order chi connectivity index (χ0) is 21.2. The van der Waals surface area contributed by atoms with Gasteiger partial charge in [-0.1, -0.05) is 20.8 Å². The lowest BCUT2D eigenvalue weighted by atomic mass is 9.98. The predicted octanol–water partition coefficient (Wildman–Crippen LogP) is 2.95. The first-order valence-corrected chi connectivity index (χ1v) is 11.0. The molecule has 2 aromatic rings. The van der Waals surface area contributed by atoms with Crippen LogP contribution < -0.4 is 4.90 Å². The van der Waals surface area contributed by atoms with Crippen molar-refractivity contribution in [3.8, 4) is 0 Å². The van der Waals surface area contributed by atoms with Gasteiger partial charge < -0.3 is 9.80 Å². The highest BCUT2D eigenvalue weighted by molar-refractivity contribution is 7.09. The van der Waals surface area contributed by atoms with Crippen LogP contribution in [-0.2, 0) is 12.0 Å². The van der Waals surface area contributed by atoms with E-state index in [0.717, 1.165) is 44.0 Å². The van der Waals surface area contributed by atoms with Gasteiger partial charge in [-0.05, 0) is 19.4 Å². The largest absolute Gasteiger partial charge is 0.347 e. The molecule has 3 rings (SSSR count). The van der Waals surface area contributed by atoms with Crippen molar-refractivity contribution in [2.45, 2.75) is 46.1 Å². The lowest BCUT2D eigenvalue weighted by Crippen LogP contribution is -2.36. The van der Waals surface area contributed by atoms with Gasteiger partial charge in [0.1, 0.15) is 5.69 Å². The van der Waals surface area contributed by atoms with Crippen LogP contribution in [0, 0.1) is 6.92 Å². The van der Waals surface area contributed by atoms with Gasteiger partial charge >= 0.3 is 0 Å². The van der Waals surface area contributed by atoms with Gasteiger partial charge in [-0.15, -0.1) is 11.3 Å². The molecule has 0 N–H and O–H groups in total. The number of amides is 1. The normalized spacial score (nSPS) is 16.0. The Morgan fingerprint density at radius 3 is 2.55 bits per heavy atom. The lowest BCUT2D eigenvalue weighted by molar-refractivity contribution is 0.0755. The fraction of sp³-hybridized carbons (Fsp3) is 0.619. The van der Waals surface area contributed by atoms with E-state index < -0.39 is 0 Å². The number of hydrogen-bond acceptors (Lipinski definition) is 7. The number of carbonyl (C=O) groups is 1. The highest BCUT2D eigenvalue weighted by Gasteiger charge is 2.23. The molecular formula is C21H32N6OS. The number of nitrogens with zero attached hydrogens (tertiary/aromatic N) is 6. The van der Waals surface area contributed by atoms with E-state index in [1.54, 1.807) is 17.4 Å². The molecule has 0 atom stereocenters. The Morgan fingerprint density at radius 2 is 1.90 bits per heavy atom. The van der Waals surface area contributed by atoms with Gasteiger partial charge in [0.15, 0.2) is 0 Å². The minimum Gasteiger partial charge on any atom is -0.347 e. The van der Waals surface area contributed by atoms with E-state index in [0.29, 0.717) is 18.2 Å². The first-order valence-electron chi connectivity index (χ1n) is 10.1. The van der Waals surface area contributed by atoms with Crippen molar-refractivity contribution in [3.05, 3.63) is 33.5 Å². The Morgan fingerprint density at radius 1 is 1.14 bits per heavy atom. The summed E-state index contributed by atoms with van der Waals surface area (Å²) in [5.74, 6) is 0.562. The molecule has 1 fully saturated rings. The third-order valence-electron chi connectivity index (χ3n) is 4.92. The second-order valence-electron chi connectivity index (χ2n) is 8.90. The molecule has 0 bridgehead atoms. The van der Waals surface area contributed by atoms with E-state index in [4.69, 9.17) is 4.98 Å². The molecule has 8 heteroatoms. The van der Waals surface area contributed by atoms with Crippen LogP contribution in [0.15, 0.2) is 11.4 Å². The molecule has 0 radical (unpaired) electrons. The van der Waals surface area contributed by atoms with E-state index >= 15 is 0 Å². The van der Waals surface area contributed by atoms with Crippen LogP contribution in [0.25, 0.3) is 0 Å². The quantitative estimate of drug-likeness (QED) is 0.764. The lowest BCUT2D eigenvalue weighted by Gasteiger charge is -2.22. The summed E-state index contributed by atoms with van der Waals surface area (Å²) in [7, 11) is 3.77. The average Bonchev–Trinajstić information content (AvgIpc) is 3.00. The molecule has 0 saturated carbocycles. The van der Waals surface area contributed by atoms with Crippen molar-refractivity contribution in [2.75, 3.05) is 45.2 Å². The number of hydrogen-bond donors (Lipinski definition) is 0. The molecule has 7 nitrogen and oxygen atoms in total. The van der Waals surface area contributed by atoms with Crippen LogP contribution in [0.2, 0.25) is 0 Å². The summed E-state index contributed by atoms with van der Waals surface area (Å²) in [6.45, 7) is 12.6. The van der Waals surface area contributed by atoms with Crippen LogP contribution in [0.3, 0.4) is 0 Å². The number of carbonyl (C=O) groups excluding carboxylic acids is 1. The first kappa shape index (κ1) is 21.6. The molecule has 1 aliphatic heterocycles. The summed E-state index contributed by atoms with van der Waals surface area (Å²) in [6, 6.07) is 1.78. The smallest absolute Gasteiger partial charge is 0.272 e. The van der Waals surface area contributed by atoms with E-state index in [1.807, 2.05) is 30.8 Å². The number of aromatic nitrogens is 3. The summed E-state index contributed by atoms with van der Waals surface area (Å²) in [6.07, 6.45) is 0.951. The van der Waals surface area contributed by atoms with Crippen LogP contribution in [0.4, 0.5) is 5.95 Å². The van der Waals surface area contributed by atoms with Crippen LogP contribution >= 0.6 is 11.3 Å². The Labute approximate surface area is 177 Å². The van der Waals surface area contributed by atoms with Crippen LogP contribution in [0.5, 0.6) is 0 Å².